The van der Waals surface area contributed by atoms with E-state index in [-0.39, 0.29) is 5.76 Å². The number of nitrogens with one attached hydrogen (secondary N) is 1. The van der Waals surface area contributed by atoms with Gasteiger partial charge in [-0.15, -0.1) is 0 Å². The summed E-state index contributed by atoms with van der Waals surface area (Å²) < 4.78 is 0. The molecule has 0 spiro atoms. The second-order valence-electron chi connectivity index (χ2n) is 4.83. The van der Waals surface area contributed by atoms with E-state index in [1.165, 1.54) is 0 Å². The Morgan fingerprint density at radius 2 is 1.68 bits per heavy atom. The van der Waals surface area contributed by atoms with Crippen LogP contribution in [0.15, 0.2) is 54.6 Å². The van der Waals surface area contributed by atoms with E-state index in [1.807, 2.05) is 30.3 Å². The van der Waals surface area contributed by atoms with Crippen LogP contribution in [0, 0.1) is 0 Å². The number of hydrogen-bond donors (Lipinski definition) is 1. The monoisotopic (exact) mass is 330 g/mol. The Hall–Kier alpha value is -1.84. The molecule has 0 saturated carbocycles. The first kappa shape index (κ1) is 16.5. The Bertz CT molecular complexity index is 665. The van der Waals surface area contributed by atoms with Crippen molar-refractivity contribution in [3.8, 4) is 0 Å². The van der Waals surface area contributed by atoms with Gasteiger partial charge in [0.15, 0.2) is 0 Å². The molecule has 2 aromatic rings. The average molecular weight is 331 g/mol. The van der Waals surface area contributed by atoms with Crippen molar-refractivity contribution >= 4 is 40.1 Å². The zero-order valence-electron chi connectivity index (χ0n) is 12.3. The molecule has 0 saturated heterocycles. The summed E-state index contributed by atoms with van der Waals surface area (Å²) in [4.78, 5) is 0.480. The quantitative estimate of drug-likeness (QED) is 0.391. The largest absolute Gasteiger partial charge is 0.872 e. The van der Waals surface area contributed by atoms with Crippen molar-refractivity contribution in [2.24, 2.45) is 0 Å². The van der Waals surface area contributed by atoms with Gasteiger partial charge in [-0.2, -0.15) is 0 Å². The SMILES string of the molecule is CCCNC(=S)/C(=C(\[O-])c1ccc(Cl)cc1)c1ccccc1. The molecule has 114 valence electrons. The molecule has 0 amide bonds. The molecule has 0 atom stereocenters. The molecule has 0 bridgehead atoms. The summed E-state index contributed by atoms with van der Waals surface area (Å²) in [5.41, 5.74) is 1.91. The highest BCUT2D eigenvalue weighted by Crippen LogP contribution is 2.24. The van der Waals surface area contributed by atoms with Gasteiger partial charge in [0.2, 0.25) is 0 Å². The van der Waals surface area contributed by atoms with Crippen LogP contribution in [-0.4, -0.2) is 11.5 Å². The third kappa shape index (κ3) is 4.09. The topological polar surface area (TPSA) is 35.1 Å². The molecule has 0 radical (unpaired) electrons. The van der Waals surface area contributed by atoms with E-state index in [0.29, 0.717) is 21.1 Å². The van der Waals surface area contributed by atoms with E-state index < -0.39 is 0 Å². The molecular formula is C18H17ClNOS-. The van der Waals surface area contributed by atoms with Crippen molar-refractivity contribution in [2.45, 2.75) is 13.3 Å². The molecule has 1 N–H and O–H groups in total. The molecule has 4 heteroatoms. The van der Waals surface area contributed by atoms with Crippen LogP contribution in [0.1, 0.15) is 24.5 Å². The molecule has 0 heterocycles. The second-order valence-corrected chi connectivity index (χ2v) is 5.68. The van der Waals surface area contributed by atoms with Crippen molar-refractivity contribution in [1.82, 2.24) is 5.32 Å². The lowest BCUT2D eigenvalue weighted by atomic mass is 10.0. The lowest BCUT2D eigenvalue weighted by molar-refractivity contribution is -0.242. The zero-order chi connectivity index (χ0) is 15.9. The van der Waals surface area contributed by atoms with Gasteiger partial charge in [0.05, 0.1) is 0 Å². The highest BCUT2D eigenvalue weighted by molar-refractivity contribution is 7.81. The predicted octanol–water partition coefficient (Wildman–Crippen LogP) is 3.90. The summed E-state index contributed by atoms with van der Waals surface area (Å²) in [5.74, 6) is -0.100. The van der Waals surface area contributed by atoms with E-state index >= 15 is 0 Å². The Morgan fingerprint density at radius 1 is 1.05 bits per heavy atom. The summed E-state index contributed by atoms with van der Waals surface area (Å²) in [7, 11) is 0. The van der Waals surface area contributed by atoms with Gasteiger partial charge >= 0.3 is 0 Å². The van der Waals surface area contributed by atoms with Crippen LogP contribution in [0.3, 0.4) is 0 Å². The van der Waals surface area contributed by atoms with E-state index in [9.17, 15) is 5.11 Å². The fourth-order valence-electron chi connectivity index (χ4n) is 2.04. The van der Waals surface area contributed by atoms with Gasteiger partial charge in [0.1, 0.15) is 4.99 Å². The summed E-state index contributed by atoms with van der Waals surface area (Å²) in [6, 6.07) is 16.3. The van der Waals surface area contributed by atoms with Gasteiger partial charge < -0.3 is 10.4 Å². The molecule has 22 heavy (non-hydrogen) atoms. The number of benzene rings is 2. The summed E-state index contributed by atoms with van der Waals surface area (Å²) in [6.07, 6.45) is 0.942. The Labute approximate surface area is 141 Å². The van der Waals surface area contributed by atoms with Crippen LogP contribution < -0.4 is 10.4 Å². The minimum Gasteiger partial charge on any atom is -0.872 e. The Balaban J connectivity index is 2.49. The number of thiocarbonyl (C=S) groups is 1. The lowest BCUT2D eigenvalue weighted by Crippen LogP contribution is -2.25. The third-order valence-electron chi connectivity index (χ3n) is 3.16. The first-order chi connectivity index (χ1) is 10.6. The van der Waals surface area contributed by atoms with Crippen LogP contribution in [0.4, 0.5) is 0 Å². The molecule has 0 aliphatic carbocycles. The normalized spacial score (nSPS) is 11.7. The van der Waals surface area contributed by atoms with E-state index in [1.54, 1.807) is 24.3 Å². The van der Waals surface area contributed by atoms with Crippen molar-refractivity contribution in [3.05, 3.63) is 70.7 Å². The van der Waals surface area contributed by atoms with Gasteiger partial charge in [0.25, 0.3) is 0 Å². The zero-order valence-corrected chi connectivity index (χ0v) is 13.9. The number of rotatable bonds is 5. The molecular weight excluding hydrogens is 314 g/mol. The van der Waals surface area contributed by atoms with Crippen LogP contribution in [0.25, 0.3) is 11.3 Å². The summed E-state index contributed by atoms with van der Waals surface area (Å²) >= 11 is 11.3. The summed E-state index contributed by atoms with van der Waals surface area (Å²) in [6.45, 7) is 2.79. The predicted molar refractivity (Wildman–Crippen MR) is 95.6 cm³/mol. The van der Waals surface area contributed by atoms with Gasteiger partial charge in [0, 0.05) is 17.1 Å². The van der Waals surface area contributed by atoms with E-state index in [2.05, 4.69) is 12.2 Å². The third-order valence-corrected chi connectivity index (χ3v) is 3.76. The molecule has 0 aliphatic heterocycles. The number of hydrogen-bond acceptors (Lipinski definition) is 2. The first-order valence-corrected chi connectivity index (χ1v) is 7.93. The fraction of sp³-hybridized carbons (Fsp3) is 0.167. The lowest BCUT2D eigenvalue weighted by Gasteiger charge is -2.22. The molecule has 0 aliphatic rings. The Kier molecular flexibility index (Phi) is 5.99. The van der Waals surface area contributed by atoms with Crippen molar-refractivity contribution < 1.29 is 5.11 Å². The van der Waals surface area contributed by atoms with Gasteiger partial charge in [-0.25, -0.2) is 0 Å². The maximum absolute atomic E-state index is 12.9. The molecule has 0 fully saturated rings. The maximum Gasteiger partial charge on any atom is 0.106 e. The molecule has 2 nitrogen and oxygen atoms in total. The van der Waals surface area contributed by atoms with Gasteiger partial charge in [-0.3, -0.25) is 0 Å². The van der Waals surface area contributed by atoms with Crippen LogP contribution in [-0.2, 0) is 0 Å². The standard InChI is InChI=1S/C18H18ClNOS/c1-2-12-20-18(22)16(13-6-4-3-5-7-13)17(21)14-8-10-15(19)11-9-14/h3-11,21H,2,12H2,1H3,(H,20,22)/p-1/b17-16-. The van der Waals surface area contributed by atoms with Gasteiger partial charge in [-0.1, -0.05) is 79.0 Å². The van der Waals surface area contributed by atoms with Crippen LogP contribution >= 0.6 is 23.8 Å². The van der Waals surface area contributed by atoms with Crippen LogP contribution in [0.5, 0.6) is 0 Å². The summed E-state index contributed by atoms with van der Waals surface area (Å²) in [5, 5.41) is 16.6. The minimum atomic E-state index is -0.100. The fourth-order valence-corrected chi connectivity index (χ4v) is 2.48. The highest BCUT2D eigenvalue weighted by atomic mass is 35.5. The number of halogens is 1. The molecule has 2 aromatic carbocycles. The van der Waals surface area contributed by atoms with E-state index in [4.69, 9.17) is 23.8 Å². The van der Waals surface area contributed by atoms with Crippen molar-refractivity contribution in [2.75, 3.05) is 6.54 Å². The Morgan fingerprint density at radius 3 is 2.27 bits per heavy atom. The second kappa shape index (κ2) is 7.97. The minimum absolute atomic E-state index is 0.100. The molecule has 0 aromatic heterocycles. The van der Waals surface area contributed by atoms with Gasteiger partial charge in [-0.05, 0) is 29.7 Å². The van der Waals surface area contributed by atoms with E-state index in [0.717, 1.165) is 18.5 Å². The molecule has 0 unspecified atom stereocenters. The van der Waals surface area contributed by atoms with Crippen molar-refractivity contribution in [3.63, 3.8) is 0 Å². The smallest absolute Gasteiger partial charge is 0.106 e. The highest BCUT2D eigenvalue weighted by Gasteiger charge is 2.10. The van der Waals surface area contributed by atoms with Crippen LogP contribution in [0.2, 0.25) is 5.02 Å². The molecule has 2 rings (SSSR count). The average Bonchev–Trinajstić information content (AvgIpc) is 2.54. The van der Waals surface area contributed by atoms with Crippen molar-refractivity contribution in [1.29, 1.82) is 0 Å². The maximum atomic E-state index is 12.9. The first-order valence-electron chi connectivity index (χ1n) is 7.14.